The molecule has 0 saturated carbocycles. The van der Waals surface area contributed by atoms with E-state index in [9.17, 15) is 13.2 Å². The fourth-order valence-corrected chi connectivity index (χ4v) is 4.90. The van der Waals surface area contributed by atoms with Gasteiger partial charge in [0.05, 0.1) is 36.6 Å². The van der Waals surface area contributed by atoms with Crippen molar-refractivity contribution < 1.29 is 22.7 Å². The first-order valence-corrected chi connectivity index (χ1v) is 11.0. The lowest BCUT2D eigenvalue weighted by Gasteiger charge is -2.10. The molecule has 0 unspecified atom stereocenters. The van der Waals surface area contributed by atoms with Crippen LogP contribution in [0.2, 0.25) is 0 Å². The predicted octanol–water partition coefficient (Wildman–Crippen LogP) is 1.40. The Balaban J connectivity index is 1.56. The van der Waals surface area contributed by atoms with Gasteiger partial charge in [-0.25, -0.2) is 13.8 Å². The number of nitrogens with zero attached hydrogens (tertiary/aromatic N) is 3. The van der Waals surface area contributed by atoms with Crippen LogP contribution in [0.4, 0.5) is 0 Å². The monoisotopic (exact) mass is 420 g/mol. The summed E-state index contributed by atoms with van der Waals surface area (Å²) in [5, 5.41) is 8.43. The highest BCUT2D eigenvalue weighted by molar-refractivity contribution is 7.91. The molecule has 10 heteroatoms. The van der Waals surface area contributed by atoms with Gasteiger partial charge in [-0.05, 0) is 44.5 Å². The molecule has 156 valence electrons. The third kappa shape index (κ3) is 5.14. The van der Waals surface area contributed by atoms with Crippen molar-refractivity contribution in [1.82, 2.24) is 15.2 Å². The van der Waals surface area contributed by atoms with Gasteiger partial charge in [-0.3, -0.25) is 9.48 Å². The number of carbonyl (C=O) groups is 1. The Morgan fingerprint density at radius 1 is 1.31 bits per heavy atom. The first-order chi connectivity index (χ1) is 13.8. The van der Waals surface area contributed by atoms with E-state index in [2.05, 4.69) is 15.6 Å². The first kappa shape index (κ1) is 20.8. The Bertz CT molecular complexity index is 1010. The van der Waals surface area contributed by atoms with E-state index in [0.29, 0.717) is 17.9 Å². The molecule has 1 aliphatic heterocycles. The minimum atomic E-state index is -3.00. The third-order valence-electron chi connectivity index (χ3n) is 4.75. The van der Waals surface area contributed by atoms with Gasteiger partial charge in [0.25, 0.3) is 5.91 Å². The molecule has 2 aromatic rings. The number of aromatic nitrogens is 2. The molecular formula is C19H24N4O5S. The molecule has 29 heavy (non-hydrogen) atoms. The summed E-state index contributed by atoms with van der Waals surface area (Å²) in [5.41, 5.74) is 4.71. The maximum absolute atomic E-state index is 11.9. The fraction of sp³-hybridized carbons (Fsp3) is 0.421. The van der Waals surface area contributed by atoms with Crippen LogP contribution in [0.5, 0.6) is 11.5 Å². The standard InChI is InChI=1S/C19H24N4O5S/c1-13-18(14(2)23(22-13)15-8-9-29(25,26)12-15)10-20-21-19(24)11-28-17-6-4-16(27-3)5-7-17/h4-7,10,15H,8-9,11-12H2,1-3H3,(H,21,24)/b20-10-/t15-/m0/s1. The number of hydrogen-bond acceptors (Lipinski definition) is 7. The average Bonchev–Trinajstić information content (AvgIpc) is 3.19. The number of nitrogens with one attached hydrogen (secondary N) is 1. The zero-order valence-electron chi connectivity index (χ0n) is 16.6. The molecule has 1 atom stereocenters. The number of hydrazone groups is 1. The number of ether oxygens (including phenoxy) is 2. The molecule has 2 heterocycles. The number of sulfone groups is 1. The second kappa shape index (κ2) is 8.64. The van der Waals surface area contributed by atoms with Gasteiger partial charge in [-0.15, -0.1) is 0 Å². The van der Waals surface area contributed by atoms with Crippen LogP contribution in [0.25, 0.3) is 0 Å². The number of rotatable bonds is 7. The maximum atomic E-state index is 11.9. The van der Waals surface area contributed by atoms with Crippen molar-refractivity contribution >= 4 is 22.0 Å². The van der Waals surface area contributed by atoms with Crippen LogP contribution < -0.4 is 14.9 Å². The number of benzene rings is 1. The Morgan fingerprint density at radius 2 is 2.00 bits per heavy atom. The van der Waals surface area contributed by atoms with Crippen LogP contribution in [0, 0.1) is 13.8 Å². The second-order valence-electron chi connectivity index (χ2n) is 6.84. The SMILES string of the molecule is COc1ccc(OCC(=O)N/N=C\c2c(C)nn([C@H]3CCS(=O)(=O)C3)c2C)cc1. The van der Waals surface area contributed by atoms with E-state index in [1.54, 1.807) is 36.1 Å². The van der Waals surface area contributed by atoms with Crippen molar-refractivity contribution in [3.8, 4) is 11.5 Å². The van der Waals surface area contributed by atoms with E-state index >= 15 is 0 Å². The quantitative estimate of drug-likeness (QED) is 0.535. The van der Waals surface area contributed by atoms with Crippen molar-refractivity contribution in [2.75, 3.05) is 25.2 Å². The molecule has 1 amide bonds. The van der Waals surface area contributed by atoms with Crippen LogP contribution in [-0.4, -0.2) is 55.5 Å². The van der Waals surface area contributed by atoms with Crippen LogP contribution >= 0.6 is 0 Å². The zero-order chi connectivity index (χ0) is 21.0. The van der Waals surface area contributed by atoms with Crippen LogP contribution in [-0.2, 0) is 14.6 Å². The maximum Gasteiger partial charge on any atom is 0.277 e. The van der Waals surface area contributed by atoms with Gasteiger partial charge in [-0.1, -0.05) is 0 Å². The van der Waals surface area contributed by atoms with E-state index in [1.165, 1.54) is 6.21 Å². The predicted molar refractivity (Wildman–Crippen MR) is 108 cm³/mol. The average molecular weight is 420 g/mol. The van der Waals surface area contributed by atoms with Crippen molar-refractivity contribution in [2.24, 2.45) is 5.10 Å². The lowest BCUT2D eigenvalue weighted by molar-refractivity contribution is -0.123. The molecule has 0 bridgehead atoms. The number of hydrogen-bond donors (Lipinski definition) is 1. The Morgan fingerprint density at radius 3 is 2.62 bits per heavy atom. The number of methoxy groups -OCH3 is 1. The van der Waals surface area contributed by atoms with Crippen LogP contribution in [0.15, 0.2) is 29.4 Å². The summed E-state index contributed by atoms with van der Waals surface area (Å²) in [5.74, 6) is 1.13. The molecule has 1 N–H and O–H groups in total. The van der Waals surface area contributed by atoms with Crippen LogP contribution in [0.1, 0.15) is 29.4 Å². The lowest BCUT2D eigenvalue weighted by Crippen LogP contribution is -2.24. The summed E-state index contributed by atoms with van der Waals surface area (Å²) in [4.78, 5) is 11.9. The minimum absolute atomic E-state index is 0.102. The van der Waals surface area contributed by atoms with E-state index in [-0.39, 0.29) is 24.2 Å². The zero-order valence-corrected chi connectivity index (χ0v) is 17.4. The van der Waals surface area contributed by atoms with Crippen molar-refractivity contribution in [1.29, 1.82) is 0 Å². The van der Waals surface area contributed by atoms with Gasteiger partial charge in [0, 0.05) is 11.3 Å². The van der Waals surface area contributed by atoms with Gasteiger partial charge in [0.1, 0.15) is 11.5 Å². The van der Waals surface area contributed by atoms with Gasteiger partial charge in [0.15, 0.2) is 16.4 Å². The topological polar surface area (TPSA) is 112 Å². The fourth-order valence-electron chi connectivity index (χ4n) is 3.21. The van der Waals surface area contributed by atoms with E-state index < -0.39 is 15.7 Å². The summed E-state index contributed by atoms with van der Waals surface area (Å²) < 4.78 is 35.7. The smallest absolute Gasteiger partial charge is 0.277 e. The Kier molecular flexibility index (Phi) is 6.21. The molecule has 0 aliphatic carbocycles. The summed E-state index contributed by atoms with van der Waals surface area (Å²) in [7, 11) is -1.42. The van der Waals surface area contributed by atoms with Crippen molar-refractivity contribution in [2.45, 2.75) is 26.3 Å². The van der Waals surface area contributed by atoms with Crippen molar-refractivity contribution in [3.63, 3.8) is 0 Å². The van der Waals surface area contributed by atoms with E-state index in [4.69, 9.17) is 9.47 Å². The third-order valence-corrected chi connectivity index (χ3v) is 6.50. The highest BCUT2D eigenvalue weighted by Gasteiger charge is 2.31. The Hall–Kier alpha value is -2.88. The molecule has 0 radical (unpaired) electrons. The van der Waals surface area contributed by atoms with E-state index in [0.717, 1.165) is 17.0 Å². The minimum Gasteiger partial charge on any atom is -0.497 e. The highest BCUT2D eigenvalue weighted by atomic mass is 32.2. The molecule has 1 saturated heterocycles. The van der Waals surface area contributed by atoms with Gasteiger partial charge in [-0.2, -0.15) is 10.2 Å². The molecule has 1 aliphatic rings. The molecule has 3 rings (SSSR count). The second-order valence-corrected chi connectivity index (χ2v) is 9.07. The highest BCUT2D eigenvalue weighted by Crippen LogP contribution is 2.26. The van der Waals surface area contributed by atoms with Crippen molar-refractivity contribution in [3.05, 3.63) is 41.2 Å². The summed E-state index contributed by atoms with van der Waals surface area (Å²) >= 11 is 0. The molecular weight excluding hydrogens is 396 g/mol. The summed E-state index contributed by atoms with van der Waals surface area (Å²) in [6.45, 7) is 3.50. The van der Waals surface area contributed by atoms with E-state index in [1.807, 2.05) is 13.8 Å². The lowest BCUT2D eigenvalue weighted by atomic mass is 10.2. The molecule has 1 aromatic carbocycles. The van der Waals surface area contributed by atoms with Gasteiger partial charge >= 0.3 is 0 Å². The van der Waals surface area contributed by atoms with Gasteiger partial charge < -0.3 is 9.47 Å². The molecule has 9 nitrogen and oxygen atoms in total. The number of carbonyl (C=O) groups excluding carboxylic acids is 1. The normalized spacial score (nSPS) is 18.1. The number of aryl methyl sites for hydroxylation is 1. The van der Waals surface area contributed by atoms with Crippen LogP contribution in [0.3, 0.4) is 0 Å². The summed E-state index contributed by atoms with van der Waals surface area (Å²) in [6.07, 6.45) is 2.07. The Labute approximate surface area is 169 Å². The largest absolute Gasteiger partial charge is 0.497 e. The molecule has 1 fully saturated rings. The first-order valence-electron chi connectivity index (χ1n) is 9.14. The molecule has 0 spiro atoms. The van der Waals surface area contributed by atoms with Gasteiger partial charge in [0.2, 0.25) is 0 Å². The number of amides is 1. The summed E-state index contributed by atoms with van der Waals surface area (Å²) in [6, 6.07) is 6.74. The molecule has 1 aromatic heterocycles.